The molecule has 0 saturated carbocycles. The van der Waals surface area contributed by atoms with Crippen LogP contribution in [0, 0.1) is 0 Å². The lowest BCUT2D eigenvalue weighted by atomic mass is 10.0. The van der Waals surface area contributed by atoms with Crippen molar-refractivity contribution in [3.8, 4) is 0 Å². The minimum absolute atomic E-state index is 0.212. The van der Waals surface area contributed by atoms with Gasteiger partial charge in [-0.1, -0.05) is 38.3 Å². The molecule has 0 spiro atoms. The van der Waals surface area contributed by atoms with E-state index in [0.717, 1.165) is 6.42 Å². The number of hydrogen-bond donors (Lipinski definition) is 1. The molecule has 18 heavy (non-hydrogen) atoms. The first kappa shape index (κ1) is 13.4. The molecule has 2 rings (SSSR count). The van der Waals surface area contributed by atoms with Crippen LogP contribution in [-0.4, -0.2) is 13.1 Å². The Morgan fingerprint density at radius 2 is 1.78 bits per heavy atom. The first-order valence-electron chi connectivity index (χ1n) is 7.41. The van der Waals surface area contributed by atoms with E-state index < -0.39 is 0 Å². The lowest BCUT2D eigenvalue weighted by Gasteiger charge is -2.19. The van der Waals surface area contributed by atoms with Crippen LogP contribution in [0.1, 0.15) is 57.1 Å². The van der Waals surface area contributed by atoms with Gasteiger partial charge in [-0.3, -0.25) is 0 Å². The number of rotatable bonds is 6. The molecule has 1 aliphatic heterocycles. The predicted molar refractivity (Wildman–Crippen MR) is 79.0 cm³/mol. The molecule has 1 heterocycles. The topological polar surface area (TPSA) is 29.3 Å². The molecule has 2 nitrogen and oxygen atoms in total. The lowest BCUT2D eigenvalue weighted by molar-refractivity contribution is 0.581. The van der Waals surface area contributed by atoms with Crippen LogP contribution >= 0.6 is 0 Å². The molecule has 100 valence electrons. The standard InChI is InChI=1S/C16H26N2/c1-2-3-4-7-16(17)14-8-10-15(11-9-14)18-12-5-6-13-18/h8-11,16H,2-7,12-13,17H2,1H3/t16-/m0/s1. The van der Waals surface area contributed by atoms with E-state index in [-0.39, 0.29) is 6.04 Å². The van der Waals surface area contributed by atoms with Crippen LogP contribution in [0.4, 0.5) is 5.69 Å². The normalized spacial score (nSPS) is 17.1. The first-order chi connectivity index (χ1) is 8.81. The summed E-state index contributed by atoms with van der Waals surface area (Å²) in [7, 11) is 0. The lowest BCUT2D eigenvalue weighted by Crippen LogP contribution is -2.17. The average Bonchev–Trinajstić information content (AvgIpc) is 2.93. The number of unbranched alkanes of at least 4 members (excludes halogenated alkanes) is 2. The Hall–Kier alpha value is -1.02. The van der Waals surface area contributed by atoms with Crippen LogP contribution in [-0.2, 0) is 0 Å². The van der Waals surface area contributed by atoms with Crippen LogP contribution in [0.25, 0.3) is 0 Å². The molecular formula is C16H26N2. The quantitative estimate of drug-likeness (QED) is 0.772. The Labute approximate surface area is 111 Å². The number of hydrogen-bond acceptors (Lipinski definition) is 2. The van der Waals surface area contributed by atoms with Crippen molar-refractivity contribution >= 4 is 5.69 Å². The zero-order chi connectivity index (χ0) is 12.8. The van der Waals surface area contributed by atoms with Gasteiger partial charge in [0.2, 0.25) is 0 Å². The van der Waals surface area contributed by atoms with Gasteiger partial charge in [-0.15, -0.1) is 0 Å². The van der Waals surface area contributed by atoms with Crippen molar-refractivity contribution in [3.05, 3.63) is 29.8 Å². The highest BCUT2D eigenvalue weighted by atomic mass is 15.1. The van der Waals surface area contributed by atoms with Crippen molar-refractivity contribution < 1.29 is 0 Å². The third-order valence-corrected chi connectivity index (χ3v) is 3.91. The number of benzene rings is 1. The number of nitrogens with two attached hydrogens (primary N) is 1. The molecule has 2 heteroatoms. The molecule has 1 aromatic carbocycles. The third kappa shape index (κ3) is 3.49. The second-order valence-electron chi connectivity index (χ2n) is 5.39. The van der Waals surface area contributed by atoms with Gasteiger partial charge in [0.1, 0.15) is 0 Å². The maximum absolute atomic E-state index is 6.23. The molecule has 0 radical (unpaired) electrons. The van der Waals surface area contributed by atoms with Crippen molar-refractivity contribution in [3.63, 3.8) is 0 Å². The van der Waals surface area contributed by atoms with Crippen molar-refractivity contribution in [2.24, 2.45) is 5.73 Å². The van der Waals surface area contributed by atoms with E-state index in [0.29, 0.717) is 0 Å². The summed E-state index contributed by atoms with van der Waals surface area (Å²) in [6.07, 6.45) is 7.57. The fraction of sp³-hybridized carbons (Fsp3) is 0.625. The average molecular weight is 246 g/mol. The van der Waals surface area contributed by atoms with E-state index in [2.05, 4.69) is 36.1 Å². The first-order valence-corrected chi connectivity index (χ1v) is 7.41. The molecule has 0 aliphatic carbocycles. The number of nitrogens with zero attached hydrogens (tertiary/aromatic N) is 1. The summed E-state index contributed by atoms with van der Waals surface area (Å²) < 4.78 is 0. The van der Waals surface area contributed by atoms with Gasteiger partial charge in [0, 0.05) is 24.8 Å². The van der Waals surface area contributed by atoms with Crippen LogP contribution in [0.5, 0.6) is 0 Å². The largest absolute Gasteiger partial charge is 0.372 e. The van der Waals surface area contributed by atoms with Crippen LogP contribution < -0.4 is 10.6 Å². The maximum Gasteiger partial charge on any atom is 0.0366 e. The molecule has 1 aliphatic rings. The van der Waals surface area contributed by atoms with Gasteiger partial charge in [0.05, 0.1) is 0 Å². The second kappa shape index (κ2) is 6.79. The van der Waals surface area contributed by atoms with Crippen molar-refractivity contribution in [1.82, 2.24) is 0 Å². The van der Waals surface area contributed by atoms with E-state index in [1.54, 1.807) is 0 Å². The van der Waals surface area contributed by atoms with Crippen molar-refractivity contribution in [1.29, 1.82) is 0 Å². The SMILES string of the molecule is CCCCC[C@H](N)c1ccc(N2CCCC2)cc1. The van der Waals surface area contributed by atoms with Crippen LogP contribution in [0.15, 0.2) is 24.3 Å². The van der Waals surface area contributed by atoms with E-state index in [4.69, 9.17) is 5.73 Å². The Balaban J connectivity index is 1.89. The molecular weight excluding hydrogens is 220 g/mol. The summed E-state index contributed by atoms with van der Waals surface area (Å²) in [5.74, 6) is 0. The summed E-state index contributed by atoms with van der Waals surface area (Å²) in [4.78, 5) is 2.46. The van der Waals surface area contributed by atoms with Gasteiger partial charge < -0.3 is 10.6 Å². The van der Waals surface area contributed by atoms with E-state index in [1.165, 1.54) is 56.4 Å². The van der Waals surface area contributed by atoms with Crippen LogP contribution in [0.2, 0.25) is 0 Å². The van der Waals surface area contributed by atoms with Gasteiger partial charge >= 0.3 is 0 Å². The molecule has 2 N–H and O–H groups in total. The highest BCUT2D eigenvalue weighted by Crippen LogP contribution is 2.23. The van der Waals surface area contributed by atoms with Gasteiger partial charge in [0.15, 0.2) is 0 Å². The highest BCUT2D eigenvalue weighted by molar-refractivity contribution is 5.48. The molecule has 1 aromatic rings. The van der Waals surface area contributed by atoms with Crippen LogP contribution in [0.3, 0.4) is 0 Å². The van der Waals surface area contributed by atoms with E-state index in [9.17, 15) is 0 Å². The Kier molecular flexibility index (Phi) is 5.06. The van der Waals surface area contributed by atoms with Gasteiger partial charge in [-0.05, 0) is 37.0 Å². The second-order valence-corrected chi connectivity index (χ2v) is 5.39. The summed E-state index contributed by atoms with van der Waals surface area (Å²) >= 11 is 0. The predicted octanol–water partition coefficient (Wildman–Crippen LogP) is 3.87. The molecule has 1 saturated heterocycles. The monoisotopic (exact) mass is 246 g/mol. The minimum atomic E-state index is 0.212. The van der Waals surface area contributed by atoms with Gasteiger partial charge in [0.25, 0.3) is 0 Å². The fourth-order valence-electron chi connectivity index (χ4n) is 2.69. The Morgan fingerprint density at radius 3 is 2.39 bits per heavy atom. The Morgan fingerprint density at radius 1 is 1.11 bits per heavy atom. The van der Waals surface area contributed by atoms with E-state index in [1.807, 2.05) is 0 Å². The van der Waals surface area contributed by atoms with Crippen molar-refractivity contribution in [2.75, 3.05) is 18.0 Å². The van der Waals surface area contributed by atoms with E-state index >= 15 is 0 Å². The molecule has 0 bridgehead atoms. The molecule has 0 aromatic heterocycles. The third-order valence-electron chi connectivity index (χ3n) is 3.91. The zero-order valence-electron chi connectivity index (χ0n) is 11.6. The highest BCUT2D eigenvalue weighted by Gasteiger charge is 2.12. The molecule has 0 unspecified atom stereocenters. The zero-order valence-corrected chi connectivity index (χ0v) is 11.6. The minimum Gasteiger partial charge on any atom is -0.372 e. The molecule has 1 fully saturated rings. The smallest absolute Gasteiger partial charge is 0.0366 e. The molecule has 1 atom stereocenters. The van der Waals surface area contributed by atoms with Crippen molar-refractivity contribution in [2.45, 2.75) is 51.5 Å². The summed E-state index contributed by atoms with van der Waals surface area (Å²) in [6, 6.07) is 9.11. The summed E-state index contributed by atoms with van der Waals surface area (Å²) in [6.45, 7) is 4.65. The Bertz CT molecular complexity index is 339. The maximum atomic E-state index is 6.23. The number of anilines is 1. The summed E-state index contributed by atoms with van der Waals surface area (Å²) in [5, 5.41) is 0. The van der Waals surface area contributed by atoms with Gasteiger partial charge in [-0.2, -0.15) is 0 Å². The molecule has 0 amide bonds. The summed E-state index contributed by atoms with van der Waals surface area (Å²) in [5.41, 5.74) is 8.87. The van der Waals surface area contributed by atoms with Gasteiger partial charge in [-0.25, -0.2) is 0 Å². The fourth-order valence-corrected chi connectivity index (χ4v) is 2.69.